The minimum atomic E-state index is -0.0284. The summed E-state index contributed by atoms with van der Waals surface area (Å²) in [5, 5.41) is 18.6. The molecule has 0 bridgehead atoms. The van der Waals surface area contributed by atoms with Crippen LogP contribution in [0.2, 0.25) is 0 Å². The van der Waals surface area contributed by atoms with E-state index in [4.69, 9.17) is 0 Å². The van der Waals surface area contributed by atoms with Gasteiger partial charge in [0.15, 0.2) is 5.82 Å². The van der Waals surface area contributed by atoms with Crippen molar-refractivity contribution in [2.45, 2.75) is 39.2 Å². The van der Waals surface area contributed by atoms with Crippen molar-refractivity contribution in [2.75, 3.05) is 6.54 Å². The molecule has 0 radical (unpaired) electrons. The molecule has 0 atom stereocenters. The molecule has 0 fully saturated rings. The van der Waals surface area contributed by atoms with Crippen molar-refractivity contribution in [3.63, 3.8) is 0 Å². The molecule has 1 heterocycles. The zero-order valence-corrected chi connectivity index (χ0v) is 10.4. The van der Waals surface area contributed by atoms with Crippen molar-refractivity contribution in [2.24, 2.45) is 0 Å². The van der Waals surface area contributed by atoms with Crippen LogP contribution < -0.4 is 10.6 Å². The maximum absolute atomic E-state index is 11.4. The highest BCUT2D eigenvalue weighted by atomic mass is 16.2. The molecule has 2 amide bonds. The first-order chi connectivity index (χ1) is 8.68. The van der Waals surface area contributed by atoms with Crippen molar-refractivity contribution in [1.82, 2.24) is 31.3 Å². The summed E-state index contributed by atoms with van der Waals surface area (Å²) in [6.07, 6.45) is 3.07. The number of carbonyl (C=O) groups excluding carboxylic acids is 2. The molecule has 8 nitrogen and oxygen atoms in total. The third-order valence-electron chi connectivity index (χ3n) is 2.29. The third-order valence-corrected chi connectivity index (χ3v) is 2.29. The predicted octanol–water partition coefficient (Wildman–Crippen LogP) is -0.488. The number of amides is 2. The van der Waals surface area contributed by atoms with E-state index in [1.54, 1.807) is 0 Å². The summed E-state index contributed by atoms with van der Waals surface area (Å²) in [6, 6.07) is 0. The van der Waals surface area contributed by atoms with E-state index in [2.05, 4.69) is 31.3 Å². The molecular weight excluding hydrogens is 236 g/mol. The molecule has 0 aliphatic carbocycles. The number of aromatic nitrogens is 4. The highest BCUT2D eigenvalue weighted by Crippen LogP contribution is 1.99. The summed E-state index contributed by atoms with van der Waals surface area (Å²) in [4.78, 5) is 22.0. The van der Waals surface area contributed by atoms with Crippen molar-refractivity contribution in [3.8, 4) is 0 Å². The van der Waals surface area contributed by atoms with Gasteiger partial charge in [-0.2, -0.15) is 5.21 Å². The second-order valence-corrected chi connectivity index (χ2v) is 3.90. The van der Waals surface area contributed by atoms with E-state index < -0.39 is 0 Å². The standard InChI is InChI=1S/C10H18N6O2/c1-8(17)11-6-4-2-3-5-10(18)12-7-9-13-15-16-14-9/h2-7H2,1H3,(H,11,17)(H,12,18)(H,13,14,15,16). The number of hydrogen-bond acceptors (Lipinski definition) is 5. The number of aromatic amines is 1. The summed E-state index contributed by atoms with van der Waals surface area (Å²) in [5.41, 5.74) is 0. The Morgan fingerprint density at radius 2 is 2.06 bits per heavy atom. The van der Waals surface area contributed by atoms with E-state index in [1.165, 1.54) is 6.92 Å². The zero-order valence-electron chi connectivity index (χ0n) is 10.4. The molecule has 100 valence electrons. The van der Waals surface area contributed by atoms with E-state index in [9.17, 15) is 9.59 Å². The fraction of sp³-hybridized carbons (Fsp3) is 0.700. The van der Waals surface area contributed by atoms with Gasteiger partial charge in [-0.1, -0.05) is 11.6 Å². The van der Waals surface area contributed by atoms with Gasteiger partial charge in [-0.3, -0.25) is 9.59 Å². The fourth-order valence-electron chi connectivity index (χ4n) is 1.38. The Kier molecular flexibility index (Phi) is 6.37. The van der Waals surface area contributed by atoms with E-state index in [1.807, 2.05) is 0 Å². The Morgan fingerprint density at radius 3 is 2.72 bits per heavy atom. The quantitative estimate of drug-likeness (QED) is 0.542. The fourth-order valence-corrected chi connectivity index (χ4v) is 1.38. The smallest absolute Gasteiger partial charge is 0.220 e. The number of tetrazole rings is 1. The van der Waals surface area contributed by atoms with Crippen LogP contribution in [0.4, 0.5) is 0 Å². The lowest BCUT2D eigenvalue weighted by Crippen LogP contribution is -2.23. The Morgan fingerprint density at radius 1 is 1.22 bits per heavy atom. The number of hydrogen-bond donors (Lipinski definition) is 3. The number of unbranched alkanes of at least 4 members (excludes halogenated alkanes) is 2. The molecule has 1 aromatic heterocycles. The Balaban J connectivity index is 1.95. The molecule has 3 N–H and O–H groups in total. The number of rotatable bonds is 8. The Bertz CT molecular complexity index is 364. The summed E-state index contributed by atoms with van der Waals surface area (Å²) in [6.45, 7) is 2.45. The molecule has 0 saturated carbocycles. The van der Waals surface area contributed by atoms with Gasteiger partial charge < -0.3 is 10.6 Å². The first-order valence-corrected chi connectivity index (χ1v) is 5.92. The molecule has 0 aliphatic heterocycles. The molecule has 8 heteroatoms. The number of nitrogens with one attached hydrogen (secondary N) is 3. The number of H-pyrrole nitrogens is 1. The summed E-state index contributed by atoms with van der Waals surface area (Å²) in [5.74, 6) is 0.418. The topological polar surface area (TPSA) is 113 Å². The van der Waals surface area contributed by atoms with E-state index >= 15 is 0 Å². The SMILES string of the molecule is CC(=O)NCCCCCC(=O)NCc1nn[nH]n1. The van der Waals surface area contributed by atoms with Crippen LogP contribution in [-0.2, 0) is 16.1 Å². The van der Waals surface area contributed by atoms with Gasteiger partial charge in [0.25, 0.3) is 0 Å². The van der Waals surface area contributed by atoms with Crippen molar-refractivity contribution >= 4 is 11.8 Å². The van der Waals surface area contributed by atoms with Crippen molar-refractivity contribution in [3.05, 3.63) is 5.82 Å². The van der Waals surface area contributed by atoms with Gasteiger partial charge in [-0.05, 0) is 12.8 Å². The molecular formula is C10H18N6O2. The molecule has 0 saturated heterocycles. The van der Waals surface area contributed by atoms with Crippen LogP contribution in [0.3, 0.4) is 0 Å². The lowest BCUT2D eigenvalue weighted by atomic mass is 10.2. The van der Waals surface area contributed by atoms with Gasteiger partial charge in [0.05, 0.1) is 6.54 Å². The van der Waals surface area contributed by atoms with E-state index in [-0.39, 0.29) is 11.8 Å². The second kappa shape index (κ2) is 8.15. The molecule has 1 rings (SSSR count). The van der Waals surface area contributed by atoms with E-state index in [0.29, 0.717) is 25.3 Å². The first kappa shape index (κ1) is 14.1. The summed E-state index contributed by atoms with van der Waals surface area (Å²) in [7, 11) is 0. The number of carbonyl (C=O) groups is 2. The van der Waals surface area contributed by atoms with Crippen molar-refractivity contribution < 1.29 is 9.59 Å². The van der Waals surface area contributed by atoms with E-state index in [0.717, 1.165) is 19.3 Å². The van der Waals surface area contributed by atoms with Gasteiger partial charge in [0.2, 0.25) is 11.8 Å². The average Bonchev–Trinajstić information content (AvgIpc) is 2.83. The zero-order chi connectivity index (χ0) is 13.2. The molecule has 0 unspecified atom stereocenters. The molecule has 0 aliphatic rings. The average molecular weight is 254 g/mol. The van der Waals surface area contributed by atoms with Crippen LogP contribution in [0.5, 0.6) is 0 Å². The lowest BCUT2D eigenvalue weighted by molar-refractivity contribution is -0.121. The molecule has 0 aromatic carbocycles. The molecule has 0 spiro atoms. The largest absolute Gasteiger partial charge is 0.356 e. The molecule has 18 heavy (non-hydrogen) atoms. The van der Waals surface area contributed by atoms with Crippen LogP contribution in [0.25, 0.3) is 0 Å². The highest BCUT2D eigenvalue weighted by Gasteiger charge is 2.03. The normalized spacial score (nSPS) is 10.1. The maximum Gasteiger partial charge on any atom is 0.220 e. The Hall–Kier alpha value is -1.99. The van der Waals surface area contributed by atoms with Crippen LogP contribution >= 0.6 is 0 Å². The minimum Gasteiger partial charge on any atom is -0.356 e. The van der Waals surface area contributed by atoms with Crippen LogP contribution in [0, 0.1) is 0 Å². The monoisotopic (exact) mass is 254 g/mol. The maximum atomic E-state index is 11.4. The van der Waals surface area contributed by atoms with Gasteiger partial charge in [-0.15, -0.1) is 10.2 Å². The van der Waals surface area contributed by atoms with Crippen LogP contribution in [0.15, 0.2) is 0 Å². The third kappa shape index (κ3) is 6.56. The summed E-state index contributed by atoms with van der Waals surface area (Å²) < 4.78 is 0. The molecule has 1 aromatic rings. The minimum absolute atomic E-state index is 0.0205. The Labute approximate surface area is 105 Å². The van der Waals surface area contributed by atoms with Gasteiger partial charge in [0.1, 0.15) is 0 Å². The predicted molar refractivity (Wildman–Crippen MR) is 63.2 cm³/mol. The van der Waals surface area contributed by atoms with Gasteiger partial charge in [0, 0.05) is 19.9 Å². The van der Waals surface area contributed by atoms with Gasteiger partial charge in [-0.25, -0.2) is 0 Å². The van der Waals surface area contributed by atoms with Gasteiger partial charge >= 0.3 is 0 Å². The van der Waals surface area contributed by atoms with Crippen LogP contribution in [0.1, 0.15) is 38.4 Å². The lowest BCUT2D eigenvalue weighted by Gasteiger charge is -2.03. The van der Waals surface area contributed by atoms with Crippen LogP contribution in [-0.4, -0.2) is 39.0 Å². The number of nitrogens with zero attached hydrogens (tertiary/aromatic N) is 3. The highest BCUT2D eigenvalue weighted by molar-refractivity contribution is 5.75. The summed E-state index contributed by atoms with van der Waals surface area (Å²) >= 11 is 0. The van der Waals surface area contributed by atoms with Crippen molar-refractivity contribution in [1.29, 1.82) is 0 Å². The first-order valence-electron chi connectivity index (χ1n) is 5.92. The second-order valence-electron chi connectivity index (χ2n) is 3.90.